The number of fused-ring (bicyclic) bond motifs is 10. The van der Waals surface area contributed by atoms with Crippen LogP contribution in [-0.4, -0.2) is 14.5 Å². The molecule has 12 rings (SSSR count). The van der Waals surface area contributed by atoms with Crippen molar-refractivity contribution in [2.45, 2.75) is 0 Å². The fourth-order valence-corrected chi connectivity index (χ4v) is 9.81. The largest absolute Gasteiger partial charge is 0.454 e. The Balaban J connectivity index is 1.26. The van der Waals surface area contributed by atoms with E-state index in [4.69, 9.17) is 14.4 Å². The lowest BCUT2D eigenvalue weighted by Gasteiger charge is -2.21. The van der Waals surface area contributed by atoms with Crippen LogP contribution >= 0.6 is 11.3 Å². The molecule has 4 nitrogen and oxygen atoms in total. The highest BCUT2D eigenvalue weighted by atomic mass is 32.1. The maximum absolute atomic E-state index is 6.84. The number of furan rings is 1. The Labute approximate surface area is 331 Å². The van der Waals surface area contributed by atoms with E-state index in [1.807, 2.05) is 12.1 Å². The molecule has 0 saturated heterocycles. The van der Waals surface area contributed by atoms with Crippen molar-refractivity contribution in [2.24, 2.45) is 0 Å². The molecular weight excluding hydrogens is 715 g/mol. The van der Waals surface area contributed by atoms with Gasteiger partial charge in [-0.2, -0.15) is 0 Å². The number of hydrogen-bond donors (Lipinski definition) is 0. The van der Waals surface area contributed by atoms with Crippen LogP contribution in [0, 0.1) is 0 Å². The van der Waals surface area contributed by atoms with Crippen LogP contribution in [0.4, 0.5) is 0 Å². The Morgan fingerprint density at radius 2 is 1.04 bits per heavy atom. The van der Waals surface area contributed by atoms with Crippen molar-refractivity contribution >= 4 is 75.4 Å². The van der Waals surface area contributed by atoms with Crippen molar-refractivity contribution in [3.8, 4) is 50.6 Å². The first-order chi connectivity index (χ1) is 28.3. The van der Waals surface area contributed by atoms with Crippen molar-refractivity contribution in [1.29, 1.82) is 0 Å². The van der Waals surface area contributed by atoms with Gasteiger partial charge in [-0.15, -0.1) is 11.3 Å². The quantitative estimate of drug-likeness (QED) is 0.176. The van der Waals surface area contributed by atoms with Crippen LogP contribution in [0.15, 0.2) is 192 Å². The Bertz CT molecular complexity index is 3450. The molecule has 0 aliphatic rings. The molecule has 4 heterocycles. The van der Waals surface area contributed by atoms with Gasteiger partial charge in [-0.25, -0.2) is 9.97 Å². The van der Waals surface area contributed by atoms with Gasteiger partial charge in [0.25, 0.3) is 0 Å². The monoisotopic (exact) mass is 745 g/mol. The van der Waals surface area contributed by atoms with E-state index in [1.54, 1.807) is 11.3 Å². The maximum Gasteiger partial charge on any atom is 0.160 e. The molecule has 0 unspecified atom stereocenters. The van der Waals surface area contributed by atoms with Gasteiger partial charge in [0, 0.05) is 53.9 Å². The topological polar surface area (TPSA) is 43.9 Å². The fourth-order valence-electron chi connectivity index (χ4n) is 8.65. The maximum atomic E-state index is 6.84. The zero-order valence-corrected chi connectivity index (χ0v) is 31.4. The summed E-state index contributed by atoms with van der Waals surface area (Å²) in [5.41, 5.74) is 13.3. The minimum Gasteiger partial charge on any atom is -0.454 e. The smallest absolute Gasteiger partial charge is 0.160 e. The van der Waals surface area contributed by atoms with Crippen LogP contribution in [0.3, 0.4) is 0 Å². The van der Waals surface area contributed by atoms with E-state index in [0.29, 0.717) is 5.82 Å². The predicted octanol–water partition coefficient (Wildman–Crippen LogP) is 14.5. The van der Waals surface area contributed by atoms with Gasteiger partial charge in [0.05, 0.1) is 32.6 Å². The zero-order chi connectivity index (χ0) is 37.5. The molecule has 0 aliphatic heterocycles. The minimum absolute atomic E-state index is 0.711. The second kappa shape index (κ2) is 12.6. The molecule has 0 atom stereocenters. The summed E-state index contributed by atoms with van der Waals surface area (Å²) in [5.74, 6) is 0.711. The highest BCUT2D eigenvalue weighted by Gasteiger charge is 2.26. The van der Waals surface area contributed by atoms with Crippen molar-refractivity contribution < 1.29 is 4.42 Å². The Kier molecular flexibility index (Phi) is 7.06. The molecular formula is C52H31N3OS. The van der Waals surface area contributed by atoms with E-state index < -0.39 is 0 Å². The number of para-hydroxylation sites is 2. The van der Waals surface area contributed by atoms with Gasteiger partial charge >= 0.3 is 0 Å². The summed E-state index contributed by atoms with van der Waals surface area (Å²) in [6.07, 6.45) is 0. The van der Waals surface area contributed by atoms with E-state index in [2.05, 4.69) is 180 Å². The predicted molar refractivity (Wildman–Crippen MR) is 238 cm³/mol. The summed E-state index contributed by atoms with van der Waals surface area (Å²) in [4.78, 5) is 10.7. The molecule has 5 heteroatoms. The third kappa shape index (κ3) is 4.93. The molecule has 0 saturated carbocycles. The third-order valence-electron chi connectivity index (χ3n) is 11.2. The molecule has 0 amide bonds. The van der Waals surface area contributed by atoms with E-state index in [-0.39, 0.29) is 0 Å². The SMILES string of the molecule is c1ccc(-c2nc(-c3cc(-c4ccccc4)c(-n4c5ccccc5c5ccc6c7ccccc7oc6c54)c(-c4ccccc4)c3)c3sc4ccccc4c3n2)cc1. The van der Waals surface area contributed by atoms with Gasteiger partial charge in [-0.05, 0) is 47.5 Å². The lowest BCUT2D eigenvalue weighted by atomic mass is 9.91. The molecule has 266 valence electrons. The van der Waals surface area contributed by atoms with Crippen molar-refractivity contribution in [3.05, 3.63) is 188 Å². The summed E-state index contributed by atoms with van der Waals surface area (Å²) in [5, 5.41) is 5.67. The van der Waals surface area contributed by atoms with Gasteiger partial charge in [0.1, 0.15) is 5.58 Å². The van der Waals surface area contributed by atoms with Gasteiger partial charge in [-0.1, -0.05) is 152 Å². The zero-order valence-electron chi connectivity index (χ0n) is 30.6. The number of hydrogen-bond acceptors (Lipinski definition) is 4. The first-order valence-electron chi connectivity index (χ1n) is 19.2. The van der Waals surface area contributed by atoms with Crippen LogP contribution in [-0.2, 0) is 0 Å². The first kappa shape index (κ1) is 32.0. The van der Waals surface area contributed by atoms with Crippen LogP contribution in [0.25, 0.3) is 115 Å². The number of rotatable bonds is 5. The summed E-state index contributed by atoms with van der Waals surface area (Å²) < 4.78 is 11.6. The third-order valence-corrected chi connectivity index (χ3v) is 12.4. The van der Waals surface area contributed by atoms with E-state index >= 15 is 0 Å². The van der Waals surface area contributed by atoms with E-state index in [0.717, 1.165) is 98.7 Å². The summed E-state index contributed by atoms with van der Waals surface area (Å²) in [7, 11) is 0. The van der Waals surface area contributed by atoms with Crippen LogP contribution < -0.4 is 0 Å². The number of nitrogens with zero attached hydrogens (tertiary/aromatic N) is 3. The van der Waals surface area contributed by atoms with Gasteiger partial charge < -0.3 is 8.98 Å². The number of aromatic nitrogens is 3. The second-order valence-electron chi connectivity index (χ2n) is 14.5. The highest BCUT2D eigenvalue weighted by Crippen LogP contribution is 2.48. The van der Waals surface area contributed by atoms with Crippen molar-refractivity contribution in [2.75, 3.05) is 0 Å². The average molecular weight is 746 g/mol. The molecule has 0 radical (unpaired) electrons. The first-order valence-corrected chi connectivity index (χ1v) is 20.0. The summed E-state index contributed by atoms with van der Waals surface area (Å²) >= 11 is 1.76. The normalized spacial score (nSPS) is 11.9. The molecule has 4 aromatic heterocycles. The molecule has 0 fully saturated rings. The molecule has 12 aromatic rings. The lowest BCUT2D eigenvalue weighted by Crippen LogP contribution is -2.02. The standard InChI is InChI=1S/C52H31N3OS/c1-4-16-32(17-5-1)41-30-35(46-51-47(40-24-12-15-27-45(40)57-51)54-52(53-46)34-20-8-3-9-21-34)31-42(33-18-6-2-7-19-33)48(41)55-43-25-13-10-22-36(43)38-28-29-39-37-23-11-14-26-44(37)56-50(39)49(38)55/h1-31H. The van der Waals surface area contributed by atoms with E-state index in [9.17, 15) is 0 Å². The Morgan fingerprint density at radius 3 is 1.75 bits per heavy atom. The van der Waals surface area contributed by atoms with Crippen LogP contribution in [0.1, 0.15) is 0 Å². The van der Waals surface area contributed by atoms with Crippen LogP contribution in [0.5, 0.6) is 0 Å². The van der Waals surface area contributed by atoms with Crippen LogP contribution in [0.2, 0.25) is 0 Å². The molecule has 8 aromatic carbocycles. The van der Waals surface area contributed by atoms with Crippen molar-refractivity contribution in [3.63, 3.8) is 0 Å². The van der Waals surface area contributed by atoms with Gasteiger partial charge in [0.15, 0.2) is 11.4 Å². The van der Waals surface area contributed by atoms with Gasteiger partial charge in [-0.3, -0.25) is 0 Å². The van der Waals surface area contributed by atoms with Crippen molar-refractivity contribution in [1.82, 2.24) is 14.5 Å². The number of thiophene rings is 1. The summed E-state index contributed by atoms with van der Waals surface area (Å²) in [6, 6.07) is 66.6. The average Bonchev–Trinajstić information content (AvgIpc) is 3.96. The fraction of sp³-hybridized carbons (Fsp3) is 0. The van der Waals surface area contributed by atoms with Gasteiger partial charge in [0.2, 0.25) is 0 Å². The molecule has 57 heavy (non-hydrogen) atoms. The number of benzene rings is 8. The molecule has 0 N–H and O–H groups in total. The Hall–Kier alpha value is -7.34. The highest BCUT2D eigenvalue weighted by molar-refractivity contribution is 7.26. The molecule has 0 bridgehead atoms. The second-order valence-corrected chi connectivity index (χ2v) is 15.5. The molecule has 0 spiro atoms. The lowest BCUT2D eigenvalue weighted by molar-refractivity contribution is 0.671. The minimum atomic E-state index is 0.711. The summed E-state index contributed by atoms with van der Waals surface area (Å²) in [6.45, 7) is 0. The Morgan fingerprint density at radius 1 is 0.456 bits per heavy atom. The molecule has 0 aliphatic carbocycles. The van der Waals surface area contributed by atoms with E-state index in [1.165, 1.54) is 10.1 Å².